The Kier molecular flexibility index (Phi) is 5.48. The predicted molar refractivity (Wildman–Crippen MR) is 126 cm³/mol. The molecular formula is C26H26N4. The van der Waals surface area contributed by atoms with Crippen LogP contribution < -0.4 is 10.6 Å². The third kappa shape index (κ3) is 4.33. The first kappa shape index (κ1) is 19.6. The van der Waals surface area contributed by atoms with Crippen LogP contribution in [0.1, 0.15) is 22.3 Å². The zero-order chi connectivity index (χ0) is 21.1. The van der Waals surface area contributed by atoms with Crippen molar-refractivity contribution in [1.29, 1.82) is 0 Å². The molecule has 0 radical (unpaired) electrons. The standard InChI is InChI=1S/C26H26N4/c1-17-14-18(2)16-23(15-17)30-26-25(27-12-13-28-26)29-22-10-8-21(9-11-22)24-19(3)6-5-7-20(24)4/h5-16H,1-4H3,(H,27,29)(H,28,30). The SMILES string of the molecule is Cc1cc(C)cc(Nc2nccnc2Nc2ccc(-c3c(C)cccc3C)cc2)c1. The second kappa shape index (κ2) is 8.37. The van der Waals surface area contributed by atoms with Gasteiger partial charge in [0.1, 0.15) is 0 Å². The molecule has 150 valence electrons. The van der Waals surface area contributed by atoms with Gasteiger partial charge in [-0.1, -0.05) is 36.4 Å². The van der Waals surface area contributed by atoms with Crippen LogP contribution in [0.2, 0.25) is 0 Å². The van der Waals surface area contributed by atoms with Gasteiger partial charge in [-0.2, -0.15) is 0 Å². The molecule has 4 aromatic rings. The van der Waals surface area contributed by atoms with E-state index in [9.17, 15) is 0 Å². The molecule has 4 nitrogen and oxygen atoms in total. The van der Waals surface area contributed by atoms with Gasteiger partial charge in [-0.05, 0) is 85.3 Å². The van der Waals surface area contributed by atoms with Crippen LogP contribution in [0, 0.1) is 27.7 Å². The summed E-state index contributed by atoms with van der Waals surface area (Å²) in [6.07, 6.45) is 3.39. The number of benzene rings is 3. The van der Waals surface area contributed by atoms with Crippen LogP contribution in [0.3, 0.4) is 0 Å². The van der Waals surface area contributed by atoms with E-state index >= 15 is 0 Å². The molecule has 1 aromatic heterocycles. The summed E-state index contributed by atoms with van der Waals surface area (Å²) < 4.78 is 0. The molecule has 0 aliphatic carbocycles. The number of aromatic nitrogens is 2. The summed E-state index contributed by atoms with van der Waals surface area (Å²) in [4.78, 5) is 8.97. The van der Waals surface area contributed by atoms with Crippen LogP contribution in [0.25, 0.3) is 11.1 Å². The molecule has 0 aliphatic heterocycles. The molecule has 2 N–H and O–H groups in total. The molecule has 0 saturated heterocycles. The molecule has 0 spiro atoms. The van der Waals surface area contributed by atoms with E-state index in [2.05, 4.69) is 109 Å². The molecular weight excluding hydrogens is 368 g/mol. The Bertz CT molecular complexity index is 1140. The highest BCUT2D eigenvalue weighted by atomic mass is 15.1. The van der Waals surface area contributed by atoms with Crippen molar-refractivity contribution in [2.24, 2.45) is 0 Å². The number of anilines is 4. The van der Waals surface area contributed by atoms with Gasteiger partial charge in [0, 0.05) is 23.8 Å². The maximum Gasteiger partial charge on any atom is 0.173 e. The summed E-state index contributed by atoms with van der Waals surface area (Å²) >= 11 is 0. The molecule has 4 rings (SSSR count). The third-order valence-electron chi connectivity index (χ3n) is 5.10. The van der Waals surface area contributed by atoms with Gasteiger partial charge in [-0.25, -0.2) is 9.97 Å². The molecule has 0 aliphatic rings. The van der Waals surface area contributed by atoms with Crippen molar-refractivity contribution in [2.45, 2.75) is 27.7 Å². The van der Waals surface area contributed by atoms with Gasteiger partial charge in [0.25, 0.3) is 0 Å². The van der Waals surface area contributed by atoms with Crippen molar-refractivity contribution in [2.75, 3.05) is 10.6 Å². The zero-order valence-electron chi connectivity index (χ0n) is 17.8. The van der Waals surface area contributed by atoms with Gasteiger partial charge < -0.3 is 10.6 Å². The number of nitrogens with one attached hydrogen (secondary N) is 2. The summed E-state index contributed by atoms with van der Waals surface area (Å²) in [6, 6.07) is 21.2. The molecule has 0 atom stereocenters. The first-order chi connectivity index (χ1) is 14.5. The first-order valence-corrected chi connectivity index (χ1v) is 10.1. The van der Waals surface area contributed by atoms with Crippen LogP contribution in [-0.4, -0.2) is 9.97 Å². The second-order valence-corrected chi connectivity index (χ2v) is 7.72. The highest BCUT2D eigenvalue weighted by Crippen LogP contribution is 2.30. The van der Waals surface area contributed by atoms with E-state index in [1.165, 1.54) is 33.4 Å². The van der Waals surface area contributed by atoms with Crippen LogP contribution in [0.15, 0.2) is 73.1 Å². The summed E-state index contributed by atoms with van der Waals surface area (Å²) in [5.74, 6) is 1.39. The second-order valence-electron chi connectivity index (χ2n) is 7.72. The van der Waals surface area contributed by atoms with Crippen LogP contribution in [0.5, 0.6) is 0 Å². The van der Waals surface area contributed by atoms with E-state index in [1.54, 1.807) is 12.4 Å². The van der Waals surface area contributed by atoms with Crippen molar-refractivity contribution in [3.8, 4) is 11.1 Å². The largest absolute Gasteiger partial charge is 0.337 e. The number of nitrogens with zero attached hydrogens (tertiary/aromatic N) is 2. The third-order valence-corrected chi connectivity index (χ3v) is 5.10. The average molecular weight is 395 g/mol. The normalized spacial score (nSPS) is 10.7. The molecule has 0 amide bonds. The summed E-state index contributed by atoms with van der Waals surface area (Å²) in [5, 5.41) is 6.78. The van der Waals surface area contributed by atoms with Crippen molar-refractivity contribution in [3.63, 3.8) is 0 Å². The number of hydrogen-bond donors (Lipinski definition) is 2. The van der Waals surface area contributed by atoms with Gasteiger partial charge in [0.15, 0.2) is 11.6 Å². The van der Waals surface area contributed by atoms with E-state index < -0.39 is 0 Å². The van der Waals surface area contributed by atoms with Crippen LogP contribution >= 0.6 is 0 Å². The quantitative estimate of drug-likeness (QED) is 0.388. The summed E-state index contributed by atoms with van der Waals surface area (Å²) in [7, 11) is 0. The molecule has 30 heavy (non-hydrogen) atoms. The van der Waals surface area contributed by atoms with E-state index in [-0.39, 0.29) is 0 Å². The number of hydrogen-bond acceptors (Lipinski definition) is 4. The van der Waals surface area contributed by atoms with E-state index in [0.29, 0.717) is 11.6 Å². The molecule has 4 heteroatoms. The number of aryl methyl sites for hydroxylation is 4. The van der Waals surface area contributed by atoms with Crippen molar-refractivity contribution >= 4 is 23.0 Å². The molecule has 3 aromatic carbocycles. The van der Waals surface area contributed by atoms with Crippen molar-refractivity contribution in [1.82, 2.24) is 9.97 Å². The lowest BCUT2D eigenvalue weighted by atomic mass is 9.96. The topological polar surface area (TPSA) is 49.8 Å². The highest BCUT2D eigenvalue weighted by Gasteiger charge is 2.09. The lowest BCUT2D eigenvalue weighted by molar-refractivity contribution is 1.19. The minimum absolute atomic E-state index is 0.691. The Hall–Kier alpha value is -3.66. The Morgan fingerprint density at radius 2 is 1.13 bits per heavy atom. The maximum atomic E-state index is 4.49. The van der Waals surface area contributed by atoms with Gasteiger partial charge in [-0.15, -0.1) is 0 Å². The Labute approximate surface area is 178 Å². The molecule has 1 heterocycles. The van der Waals surface area contributed by atoms with Crippen LogP contribution in [-0.2, 0) is 0 Å². The van der Waals surface area contributed by atoms with E-state index in [0.717, 1.165) is 11.4 Å². The molecule has 0 unspecified atom stereocenters. The van der Waals surface area contributed by atoms with Crippen molar-refractivity contribution < 1.29 is 0 Å². The summed E-state index contributed by atoms with van der Waals surface area (Å²) in [6.45, 7) is 8.48. The van der Waals surface area contributed by atoms with Gasteiger partial charge >= 0.3 is 0 Å². The minimum Gasteiger partial charge on any atom is -0.337 e. The maximum absolute atomic E-state index is 4.49. The smallest absolute Gasteiger partial charge is 0.173 e. The fraction of sp³-hybridized carbons (Fsp3) is 0.154. The molecule has 0 fully saturated rings. The predicted octanol–water partition coefficient (Wildman–Crippen LogP) is 6.86. The Morgan fingerprint density at radius 1 is 0.600 bits per heavy atom. The zero-order valence-corrected chi connectivity index (χ0v) is 17.8. The fourth-order valence-electron chi connectivity index (χ4n) is 3.83. The first-order valence-electron chi connectivity index (χ1n) is 10.1. The average Bonchev–Trinajstić information content (AvgIpc) is 2.70. The van der Waals surface area contributed by atoms with Crippen LogP contribution in [0.4, 0.5) is 23.0 Å². The van der Waals surface area contributed by atoms with Gasteiger partial charge in [0.05, 0.1) is 0 Å². The lowest BCUT2D eigenvalue weighted by Crippen LogP contribution is -2.02. The highest BCUT2D eigenvalue weighted by molar-refractivity contribution is 5.75. The van der Waals surface area contributed by atoms with Crippen molar-refractivity contribution in [3.05, 3.63) is 95.3 Å². The fourth-order valence-corrected chi connectivity index (χ4v) is 3.83. The minimum atomic E-state index is 0.691. The van der Waals surface area contributed by atoms with Gasteiger partial charge in [-0.3, -0.25) is 0 Å². The van der Waals surface area contributed by atoms with E-state index in [4.69, 9.17) is 0 Å². The lowest BCUT2D eigenvalue weighted by Gasteiger charge is -2.14. The van der Waals surface area contributed by atoms with Gasteiger partial charge in [0.2, 0.25) is 0 Å². The monoisotopic (exact) mass is 394 g/mol. The van der Waals surface area contributed by atoms with E-state index in [1.807, 2.05) is 0 Å². The molecule has 0 saturated carbocycles. The Balaban J connectivity index is 1.58. The molecule has 0 bridgehead atoms. The number of rotatable bonds is 5. The Morgan fingerprint density at radius 3 is 1.70 bits per heavy atom. The summed E-state index contributed by atoms with van der Waals surface area (Å²) in [5.41, 5.74) is 9.45.